The number of anilines is 1. The lowest BCUT2D eigenvalue weighted by Gasteiger charge is -2.09. The van der Waals surface area contributed by atoms with E-state index in [-0.39, 0.29) is 10.6 Å². The second-order valence-corrected chi connectivity index (χ2v) is 4.65. The van der Waals surface area contributed by atoms with E-state index in [9.17, 15) is 4.79 Å². The molecule has 2 aromatic heterocycles. The first-order chi connectivity index (χ1) is 9.63. The van der Waals surface area contributed by atoms with E-state index in [0.29, 0.717) is 25.4 Å². The van der Waals surface area contributed by atoms with Crippen molar-refractivity contribution < 1.29 is 4.74 Å². The van der Waals surface area contributed by atoms with Gasteiger partial charge in [-0.05, 0) is 6.92 Å². The summed E-state index contributed by atoms with van der Waals surface area (Å²) < 4.78 is 6.19. The van der Waals surface area contributed by atoms with E-state index in [0.717, 1.165) is 11.3 Å². The Bertz CT molecular complexity index is 637. The maximum Gasteiger partial charge on any atom is 0.287 e. The number of methoxy groups -OCH3 is 1. The summed E-state index contributed by atoms with van der Waals surface area (Å²) in [4.78, 5) is 12.0. The minimum Gasteiger partial charge on any atom is -0.383 e. The Morgan fingerprint density at radius 1 is 1.50 bits per heavy atom. The number of ether oxygens (including phenoxy) is 1. The zero-order valence-corrected chi connectivity index (χ0v) is 12.1. The molecule has 20 heavy (non-hydrogen) atoms. The molecule has 2 rings (SSSR count). The average molecular weight is 298 g/mol. The Balaban J connectivity index is 2.11. The van der Waals surface area contributed by atoms with Gasteiger partial charge in [-0.2, -0.15) is 10.2 Å². The second-order valence-electron chi connectivity index (χ2n) is 4.27. The lowest BCUT2D eigenvalue weighted by atomic mass is 10.2. The highest BCUT2D eigenvalue weighted by Gasteiger charge is 2.09. The number of hydrogen-bond acceptors (Lipinski definition) is 5. The largest absolute Gasteiger partial charge is 0.383 e. The van der Waals surface area contributed by atoms with Gasteiger partial charge in [-0.1, -0.05) is 11.6 Å². The number of aryl methyl sites for hydroxylation is 1. The minimum atomic E-state index is -0.336. The van der Waals surface area contributed by atoms with E-state index in [1.807, 2.05) is 6.92 Å². The van der Waals surface area contributed by atoms with Crippen molar-refractivity contribution in [2.24, 2.45) is 0 Å². The highest BCUT2D eigenvalue weighted by molar-refractivity contribution is 6.32. The Hall–Kier alpha value is -1.86. The first-order valence-electron chi connectivity index (χ1n) is 6.10. The van der Waals surface area contributed by atoms with Crippen LogP contribution in [0.15, 0.2) is 17.2 Å². The SMILES string of the molecule is COCCn1ncc(NCc2cn[nH]c2C)c(Cl)c1=O. The van der Waals surface area contributed by atoms with Gasteiger partial charge in [0.15, 0.2) is 0 Å². The molecular weight excluding hydrogens is 282 g/mol. The van der Waals surface area contributed by atoms with Crippen molar-refractivity contribution in [2.45, 2.75) is 20.0 Å². The van der Waals surface area contributed by atoms with Gasteiger partial charge in [0, 0.05) is 24.9 Å². The lowest BCUT2D eigenvalue weighted by Crippen LogP contribution is -2.26. The van der Waals surface area contributed by atoms with Crippen LogP contribution in [0.4, 0.5) is 5.69 Å². The third-order valence-corrected chi connectivity index (χ3v) is 3.26. The van der Waals surface area contributed by atoms with Crippen LogP contribution in [0.5, 0.6) is 0 Å². The molecular formula is C12H16ClN5O2. The van der Waals surface area contributed by atoms with E-state index in [1.54, 1.807) is 13.3 Å². The predicted molar refractivity (Wildman–Crippen MR) is 76.0 cm³/mol. The smallest absolute Gasteiger partial charge is 0.287 e. The number of halogens is 1. The molecule has 2 N–H and O–H groups in total. The first kappa shape index (κ1) is 14.5. The number of nitrogens with one attached hydrogen (secondary N) is 2. The summed E-state index contributed by atoms with van der Waals surface area (Å²) in [5, 5.41) is 14.0. The summed E-state index contributed by atoms with van der Waals surface area (Å²) in [5.41, 5.74) is 2.14. The summed E-state index contributed by atoms with van der Waals surface area (Å²) in [6, 6.07) is 0. The van der Waals surface area contributed by atoms with Gasteiger partial charge in [-0.15, -0.1) is 0 Å². The maximum absolute atomic E-state index is 12.0. The standard InChI is InChI=1S/C12H16ClN5O2/c1-8-9(6-15-17-8)5-14-10-7-16-18(3-4-20-2)12(19)11(10)13/h6-7,14H,3-5H2,1-2H3,(H,15,17). The van der Waals surface area contributed by atoms with Crippen LogP contribution in [0.25, 0.3) is 0 Å². The summed E-state index contributed by atoms with van der Waals surface area (Å²) in [5.74, 6) is 0. The monoisotopic (exact) mass is 297 g/mol. The van der Waals surface area contributed by atoms with Gasteiger partial charge in [0.05, 0.1) is 31.2 Å². The van der Waals surface area contributed by atoms with Crippen molar-refractivity contribution in [3.8, 4) is 0 Å². The van der Waals surface area contributed by atoms with Crippen LogP contribution in [-0.2, 0) is 17.8 Å². The third kappa shape index (κ3) is 3.17. The van der Waals surface area contributed by atoms with Crippen LogP contribution in [0.3, 0.4) is 0 Å². The molecule has 0 aromatic carbocycles. The van der Waals surface area contributed by atoms with Gasteiger partial charge >= 0.3 is 0 Å². The van der Waals surface area contributed by atoms with Crippen LogP contribution >= 0.6 is 11.6 Å². The van der Waals surface area contributed by atoms with Crippen molar-refractivity contribution in [3.05, 3.63) is 39.0 Å². The van der Waals surface area contributed by atoms with Gasteiger partial charge in [0.25, 0.3) is 5.56 Å². The average Bonchev–Trinajstić information content (AvgIpc) is 2.85. The molecule has 2 aromatic rings. The van der Waals surface area contributed by atoms with Gasteiger partial charge in [0.2, 0.25) is 0 Å². The molecule has 0 saturated heterocycles. The van der Waals surface area contributed by atoms with Crippen LogP contribution in [0, 0.1) is 6.92 Å². The number of rotatable bonds is 6. The van der Waals surface area contributed by atoms with Crippen molar-refractivity contribution in [1.29, 1.82) is 0 Å². The highest BCUT2D eigenvalue weighted by Crippen LogP contribution is 2.16. The van der Waals surface area contributed by atoms with E-state index in [2.05, 4.69) is 20.6 Å². The molecule has 2 heterocycles. The van der Waals surface area contributed by atoms with Crippen molar-refractivity contribution in [2.75, 3.05) is 19.0 Å². The summed E-state index contributed by atoms with van der Waals surface area (Å²) in [6.07, 6.45) is 3.26. The molecule has 0 radical (unpaired) electrons. The molecule has 0 aliphatic heterocycles. The van der Waals surface area contributed by atoms with E-state index in [1.165, 1.54) is 10.9 Å². The van der Waals surface area contributed by atoms with Crippen molar-refractivity contribution >= 4 is 17.3 Å². The highest BCUT2D eigenvalue weighted by atomic mass is 35.5. The van der Waals surface area contributed by atoms with E-state index < -0.39 is 0 Å². The van der Waals surface area contributed by atoms with Crippen molar-refractivity contribution in [3.63, 3.8) is 0 Å². The Morgan fingerprint density at radius 2 is 2.30 bits per heavy atom. The molecule has 0 saturated carbocycles. The number of aromatic nitrogens is 4. The number of aromatic amines is 1. The summed E-state index contributed by atoms with van der Waals surface area (Å²) in [7, 11) is 1.57. The predicted octanol–water partition coefficient (Wildman–Crippen LogP) is 1.19. The third-order valence-electron chi connectivity index (χ3n) is 2.90. The number of H-pyrrole nitrogens is 1. The van der Waals surface area contributed by atoms with E-state index >= 15 is 0 Å². The van der Waals surface area contributed by atoms with Crippen LogP contribution in [0.2, 0.25) is 5.02 Å². The molecule has 0 aliphatic rings. The van der Waals surface area contributed by atoms with Gasteiger partial charge in [-0.3, -0.25) is 9.89 Å². The lowest BCUT2D eigenvalue weighted by molar-refractivity contribution is 0.182. The Labute approximate surface area is 120 Å². The molecule has 0 bridgehead atoms. The Kier molecular flexibility index (Phi) is 4.75. The van der Waals surface area contributed by atoms with Crippen LogP contribution in [-0.4, -0.2) is 33.7 Å². The maximum atomic E-state index is 12.0. The van der Waals surface area contributed by atoms with Gasteiger partial charge in [0.1, 0.15) is 5.02 Å². The molecule has 0 fully saturated rings. The molecule has 0 unspecified atom stereocenters. The molecule has 0 spiro atoms. The van der Waals surface area contributed by atoms with Gasteiger partial charge < -0.3 is 10.1 Å². The molecule has 0 amide bonds. The molecule has 8 heteroatoms. The summed E-state index contributed by atoms with van der Waals surface area (Å²) >= 11 is 6.06. The zero-order chi connectivity index (χ0) is 14.5. The molecule has 108 valence electrons. The first-order valence-corrected chi connectivity index (χ1v) is 6.48. The fourth-order valence-electron chi connectivity index (χ4n) is 1.67. The minimum absolute atomic E-state index is 0.122. The summed E-state index contributed by atoms with van der Waals surface area (Å²) in [6.45, 7) is 3.22. The number of nitrogens with zero attached hydrogens (tertiary/aromatic N) is 3. The zero-order valence-electron chi connectivity index (χ0n) is 11.3. The quantitative estimate of drug-likeness (QED) is 0.836. The fraction of sp³-hybridized carbons (Fsp3) is 0.417. The Morgan fingerprint density at radius 3 is 2.95 bits per heavy atom. The van der Waals surface area contributed by atoms with E-state index in [4.69, 9.17) is 16.3 Å². The molecule has 7 nitrogen and oxygen atoms in total. The fourth-order valence-corrected chi connectivity index (χ4v) is 1.88. The van der Waals surface area contributed by atoms with Gasteiger partial charge in [-0.25, -0.2) is 4.68 Å². The van der Waals surface area contributed by atoms with Crippen LogP contribution < -0.4 is 10.9 Å². The topological polar surface area (TPSA) is 84.8 Å². The molecule has 0 aliphatic carbocycles. The molecule has 0 atom stereocenters. The van der Waals surface area contributed by atoms with Crippen LogP contribution in [0.1, 0.15) is 11.3 Å². The van der Waals surface area contributed by atoms with Crippen molar-refractivity contribution in [1.82, 2.24) is 20.0 Å². The number of hydrogen-bond donors (Lipinski definition) is 2. The normalized spacial score (nSPS) is 10.8. The second kappa shape index (κ2) is 6.53.